The number of carbonyl (C=O) groups is 1. The first kappa shape index (κ1) is 14.5. The summed E-state index contributed by atoms with van der Waals surface area (Å²) in [6.45, 7) is 0. The number of carboxylic acids is 1. The number of ether oxygens (including phenoxy) is 1. The van der Waals surface area contributed by atoms with E-state index in [1.807, 2.05) is 0 Å². The van der Waals surface area contributed by atoms with Crippen LogP contribution >= 0.6 is 0 Å². The van der Waals surface area contributed by atoms with Crippen molar-refractivity contribution in [1.82, 2.24) is 0 Å². The summed E-state index contributed by atoms with van der Waals surface area (Å²) in [5, 5.41) is 28.2. The number of phenols is 2. The van der Waals surface area contributed by atoms with Crippen molar-refractivity contribution >= 4 is 18.1 Å². The first-order chi connectivity index (χ1) is 10.0. The van der Waals surface area contributed by atoms with Gasteiger partial charge in [0.2, 0.25) is 0 Å². The molecule has 0 fully saturated rings. The Bertz CT molecular complexity index is 687. The van der Waals surface area contributed by atoms with Crippen LogP contribution in [-0.4, -0.2) is 28.4 Å². The Morgan fingerprint density at radius 1 is 1.10 bits per heavy atom. The average Bonchev–Trinajstić information content (AvgIpc) is 2.45. The summed E-state index contributed by atoms with van der Waals surface area (Å²) >= 11 is 0. The van der Waals surface area contributed by atoms with E-state index in [9.17, 15) is 20.1 Å². The quantitative estimate of drug-likeness (QED) is 0.752. The predicted molar refractivity (Wildman–Crippen MR) is 78.7 cm³/mol. The van der Waals surface area contributed by atoms with Crippen LogP contribution in [0, 0.1) is 0 Å². The molecule has 0 amide bonds. The number of phenolic OH excluding ortho intramolecular Hbond substituents is 1. The zero-order chi connectivity index (χ0) is 15.4. The smallest absolute Gasteiger partial charge is 0.340 e. The van der Waals surface area contributed by atoms with Gasteiger partial charge in [-0.1, -0.05) is 24.3 Å². The lowest BCUT2D eigenvalue weighted by Crippen LogP contribution is -2.01. The molecule has 0 radical (unpaired) electrons. The summed E-state index contributed by atoms with van der Waals surface area (Å²) < 4.78 is 5.02. The molecule has 5 heteroatoms. The molecule has 0 aromatic heterocycles. The summed E-state index contributed by atoms with van der Waals surface area (Å²) in [5.41, 5.74) is 0.921. The fraction of sp³-hybridized carbons (Fsp3) is 0.0625. The third-order valence-corrected chi connectivity index (χ3v) is 2.92. The monoisotopic (exact) mass is 286 g/mol. The van der Waals surface area contributed by atoms with Gasteiger partial charge in [-0.2, -0.15) is 0 Å². The lowest BCUT2D eigenvalue weighted by molar-refractivity contribution is 0.0693. The predicted octanol–water partition coefficient (Wildman–Crippen LogP) is 2.98. The van der Waals surface area contributed by atoms with Gasteiger partial charge < -0.3 is 20.1 Å². The van der Waals surface area contributed by atoms with Gasteiger partial charge in [-0.25, -0.2) is 4.79 Å². The Morgan fingerprint density at radius 2 is 1.76 bits per heavy atom. The Hall–Kier alpha value is -2.95. The minimum Gasteiger partial charge on any atom is -0.508 e. The number of benzene rings is 2. The van der Waals surface area contributed by atoms with Gasteiger partial charge in [-0.3, -0.25) is 0 Å². The number of aromatic hydroxyl groups is 2. The lowest BCUT2D eigenvalue weighted by atomic mass is 10.0. The Labute approximate surface area is 121 Å². The van der Waals surface area contributed by atoms with E-state index in [-0.39, 0.29) is 17.1 Å². The second-order valence-corrected chi connectivity index (χ2v) is 4.34. The van der Waals surface area contributed by atoms with Crippen LogP contribution in [0.3, 0.4) is 0 Å². The number of rotatable bonds is 4. The van der Waals surface area contributed by atoms with Crippen LogP contribution in [0.1, 0.15) is 21.5 Å². The maximum atomic E-state index is 11.2. The molecule has 0 atom stereocenters. The molecule has 0 aliphatic rings. The Morgan fingerprint density at radius 3 is 2.33 bits per heavy atom. The average molecular weight is 286 g/mol. The molecule has 0 spiro atoms. The highest BCUT2D eigenvalue weighted by atomic mass is 16.5. The molecule has 108 valence electrons. The number of aromatic carboxylic acids is 1. The molecule has 0 saturated heterocycles. The molecule has 3 N–H and O–H groups in total. The maximum Gasteiger partial charge on any atom is 0.340 e. The first-order valence-electron chi connectivity index (χ1n) is 6.12. The van der Waals surface area contributed by atoms with E-state index in [0.717, 1.165) is 5.56 Å². The van der Waals surface area contributed by atoms with Gasteiger partial charge >= 0.3 is 5.97 Å². The Balaban J connectivity index is 2.44. The largest absolute Gasteiger partial charge is 0.508 e. The fourth-order valence-corrected chi connectivity index (χ4v) is 1.88. The van der Waals surface area contributed by atoms with Gasteiger partial charge in [0.25, 0.3) is 0 Å². The van der Waals surface area contributed by atoms with Crippen LogP contribution in [0.5, 0.6) is 17.2 Å². The third-order valence-electron chi connectivity index (χ3n) is 2.92. The van der Waals surface area contributed by atoms with Crippen LogP contribution in [0.15, 0.2) is 36.4 Å². The minimum absolute atomic E-state index is 0.150. The van der Waals surface area contributed by atoms with Crippen molar-refractivity contribution in [3.05, 3.63) is 53.1 Å². The molecule has 0 heterocycles. The molecule has 2 rings (SSSR count). The zero-order valence-electron chi connectivity index (χ0n) is 11.3. The minimum atomic E-state index is -1.22. The van der Waals surface area contributed by atoms with Crippen molar-refractivity contribution in [2.24, 2.45) is 0 Å². The summed E-state index contributed by atoms with van der Waals surface area (Å²) in [6, 6.07) is 9.21. The maximum absolute atomic E-state index is 11.2. The SMILES string of the molecule is COc1cc(O)c(C(=O)O)c(/C=C/c2ccc(O)cc2)c1. The van der Waals surface area contributed by atoms with Gasteiger partial charge in [-0.05, 0) is 29.3 Å². The highest BCUT2D eigenvalue weighted by Crippen LogP contribution is 2.29. The van der Waals surface area contributed by atoms with E-state index < -0.39 is 5.97 Å². The van der Waals surface area contributed by atoms with Gasteiger partial charge in [-0.15, -0.1) is 0 Å². The normalized spacial score (nSPS) is 10.7. The highest BCUT2D eigenvalue weighted by Gasteiger charge is 2.15. The lowest BCUT2D eigenvalue weighted by Gasteiger charge is -2.07. The third kappa shape index (κ3) is 3.33. The molecular formula is C16H14O5. The van der Waals surface area contributed by atoms with Gasteiger partial charge in [0.05, 0.1) is 7.11 Å². The molecule has 2 aromatic rings. The standard InChI is InChI=1S/C16H14O5/c1-21-13-8-11(15(16(19)20)14(18)9-13)5-2-10-3-6-12(17)7-4-10/h2-9,17-18H,1H3,(H,19,20)/b5-2+. The van der Waals surface area contributed by atoms with Crippen molar-refractivity contribution in [2.75, 3.05) is 7.11 Å². The van der Waals surface area contributed by atoms with E-state index in [1.54, 1.807) is 24.3 Å². The van der Waals surface area contributed by atoms with Gasteiger partial charge in [0.15, 0.2) is 0 Å². The highest BCUT2D eigenvalue weighted by molar-refractivity contribution is 5.96. The summed E-state index contributed by atoms with van der Waals surface area (Å²) in [6.07, 6.45) is 3.25. The van der Waals surface area contributed by atoms with E-state index in [4.69, 9.17) is 4.74 Å². The van der Waals surface area contributed by atoms with Crippen LogP contribution in [0.2, 0.25) is 0 Å². The van der Waals surface area contributed by atoms with Crippen molar-refractivity contribution in [3.63, 3.8) is 0 Å². The molecule has 0 aliphatic carbocycles. The second kappa shape index (κ2) is 6.00. The topological polar surface area (TPSA) is 87.0 Å². The van der Waals surface area contributed by atoms with Gasteiger partial charge in [0.1, 0.15) is 22.8 Å². The van der Waals surface area contributed by atoms with Crippen molar-refractivity contribution in [2.45, 2.75) is 0 Å². The second-order valence-electron chi connectivity index (χ2n) is 4.34. The molecule has 0 unspecified atom stereocenters. The van der Waals surface area contributed by atoms with E-state index in [0.29, 0.717) is 11.3 Å². The molecule has 21 heavy (non-hydrogen) atoms. The van der Waals surface area contributed by atoms with Crippen LogP contribution in [0.4, 0.5) is 0 Å². The van der Waals surface area contributed by atoms with Crippen LogP contribution in [0.25, 0.3) is 12.2 Å². The molecular weight excluding hydrogens is 272 g/mol. The number of carboxylic acid groups (broad SMARTS) is 1. The number of hydrogen-bond acceptors (Lipinski definition) is 4. The van der Waals surface area contributed by atoms with Crippen LogP contribution < -0.4 is 4.74 Å². The summed E-state index contributed by atoms with van der Waals surface area (Å²) in [4.78, 5) is 11.2. The Kier molecular flexibility index (Phi) is 4.13. The zero-order valence-corrected chi connectivity index (χ0v) is 11.3. The van der Waals surface area contributed by atoms with E-state index in [2.05, 4.69) is 0 Å². The van der Waals surface area contributed by atoms with Crippen molar-refractivity contribution < 1.29 is 24.9 Å². The van der Waals surface area contributed by atoms with Crippen LogP contribution in [-0.2, 0) is 0 Å². The molecule has 5 nitrogen and oxygen atoms in total. The molecule has 0 aliphatic heterocycles. The first-order valence-corrected chi connectivity index (χ1v) is 6.12. The molecule has 2 aromatic carbocycles. The number of hydrogen-bond donors (Lipinski definition) is 3. The van der Waals surface area contributed by atoms with Gasteiger partial charge in [0, 0.05) is 6.07 Å². The summed E-state index contributed by atoms with van der Waals surface area (Å²) in [5.74, 6) is -1.06. The fourth-order valence-electron chi connectivity index (χ4n) is 1.88. The molecule has 0 saturated carbocycles. The number of methoxy groups -OCH3 is 1. The van der Waals surface area contributed by atoms with Crippen molar-refractivity contribution in [3.8, 4) is 17.2 Å². The van der Waals surface area contributed by atoms with E-state index >= 15 is 0 Å². The molecule has 0 bridgehead atoms. The van der Waals surface area contributed by atoms with Crippen molar-refractivity contribution in [1.29, 1.82) is 0 Å². The van der Waals surface area contributed by atoms with E-state index in [1.165, 1.54) is 31.4 Å². The summed E-state index contributed by atoms with van der Waals surface area (Å²) in [7, 11) is 1.43.